The third-order valence-electron chi connectivity index (χ3n) is 2.90. The maximum Gasteiger partial charge on any atom is 0.327 e. The highest BCUT2D eigenvalue weighted by Gasteiger charge is 2.23. The molecule has 0 spiro atoms. The number of anilines is 1. The van der Waals surface area contributed by atoms with Crippen LogP contribution in [0.2, 0.25) is 0 Å². The molecular weight excluding hydrogens is 328 g/mol. The molecule has 126 valence electrons. The normalized spacial score (nSPS) is 10.5. The molecule has 0 aliphatic rings. The number of aromatic nitrogens is 3. The van der Waals surface area contributed by atoms with E-state index < -0.39 is 5.25 Å². The summed E-state index contributed by atoms with van der Waals surface area (Å²) in [7, 11) is 3.56. The van der Waals surface area contributed by atoms with Gasteiger partial charge in [-0.05, 0) is 26.0 Å². The quantitative estimate of drug-likeness (QED) is 0.558. The summed E-state index contributed by atoms with van der Waals surface area (Å²) in [6, 6.07) is 9.20. The first-order valence-corrected chi connectivity index (χ1v) is 8.08. The smallest absolute Gasteiger partial charge is 0.327 e. The molecule has 0 aliphatic carbocycles. The first-order valence-electron chi connectivity index (χ1n) is 7.20. The number of hydrogen-bond acceptors (Lipinski definition) is 8. The van der Waals surface area contributed by atoms with Crippen molar-refractivity contribution in [1.29, 1.82) is 0 Å². The van der Waals surface area contributed by atoms with Crippen LogP contribution in [0.1, 0.15) is 13.8 Å². The number of ether oxygens (including phenoxy) is 1. The van der Waals surface area contributed by atoms with E-state index in [4.69, 9.17) is 4.74 Å². The molecule has 7 nitrogen and oxygen atoms in total. The van der Waals surface area contributed by atoms with Crippen LogP contribution in [0.5, 0.6) is 11.8 Å². The molecule has 0 unspecified atom stereocenters. The number of thioether (sulfide) groups is 1. The van der Waals surface area contributed by atoms with Crippen molar-refractivity contribution in [3.05, 3.63) is 30.3 Å². The zero-order valence-corrected chi connectivity index (χ0v) is 14.7. The van der Waals surface area contributed by atoms with Crippen LogP contribution in [0.3, 0.4) is 0 Å². The number of hydrogen-bond donors (Lipinski definition) is 0. The Kier molecular flexibility index (Phi) is 5.86. The Labute approximate surface area is 144 Å². The van der Waals surface area contributed by atoms with Crippen molar-refractivity contribution in [2.24, 2.45) is 0 Å². The fourth-order valence-electron chi connectivity index (χ4n) is 1.78. The molecule has 0 saturated carbocycles. The van der Waals surface area contributed by atoms with E-state index in [0.29, 0.717) is 11.7 Å². The Balaban J connectivity index is 2.33. The third kappa shape index (κ3) is 4.76. The second-order valence-electron chi connectivity index (χ2n) is 5.23. The molecule has 1 aromatic carbocycles. The average molecular weight is 346 g/mol. The van der Waals surface area contributed by atoms with Gasteiger partial charge in [0.05, 0.1) is 0 Å². The Morgan fingerprint density at radius 2 is 1.67 bits per heavy atom. The van der Waals surface area contributed by atoms with Crippen LogP contribution in [-0.2, 0) is 9.59 Å². The Morgan fingerprint density at radius 3 is 2.21 bits per heavy atom. The van der Waals surface area contributed by atoms with Gasteiger partial charge in [-0.1, -0.05) is 30.0 Å². The van der Waals surface area contributed by atoms with Gasteiger partial charge in [0, 0.05) is 14.1 Å². The van der Waals surface area contributed by atoms with E-state index in [1.165, 1.54) is 13.8 Å². The number of benzene rings is 1. The summed E-state index contributed by atoms with van der Waals surface area (Å²) in [6.45, 7) is 2.74. The predicted molar refractivity (Wildman–Crippen MR) is 91.7 cm³/mol. The van der Waals surface area contributed by atoms with Crippen molar-refractivity contribution in [2.45, 2.75) is 24.3 Å². The lowest BCUT2D eigenvalue weighted by molar-refractivity contribution is -0.123. The van der Waals surface area contributed by atoms with Crippen molar-refractivity contribution in [1.82, 2.24) is 15.0 Å². The Morgan fingerprint density at radius 1 is 1.04 bits per heavy atom. The van der Waals surface area contributed by atoms with Crippen molar-refractivity contribution in [3.63, 3.8) is 0 Å². The van der Waals surface area contributed by atoms with Crippen LogP contribution in [0, 0.1) is 0 Å². The van der Waals surface area contributed by atoms with Crippen LogP contribution in [-0.4, -0.2) is 45.9 Å². The molecule has 0 aliphatic heterocycles. The van der Waals surface area contributed by atoms with Gasteiger partial charge in [-0.2, -0.15) is 15.0 Å². The van der Waals surface area contributed by atoms with E-state index in [9.17, 15) is 9.59 Å². The molecule has 1 heterocycles. The standard InChI is InChI=1S/C16H18N4O3S/c1-10(21)13(11(2)22)24-16-18-14(20(3)4)17-15(19-16)23-12-8-6-5-7-9-12/h5-9,13H,1-4H3. The van der Waals surface area contributed by atoms with Gasteiger partial charge < -0.3 is 9.64 Å². The molecule has 0 fully saturated rings. The summed E-state index contributed by atoms with van der Waals surface area (Å²) in [5.74, 6) is 0.470. The lowest BCUT2D eigenvalue weighted by Gasteiger charge is -2.14. The fraction of sp³-hybridized carbons (Fsp3) is 0.312. The first-order chi connectivity index (χ1) is 11.4. The van der Waals surface area contributed by atoms with Crippen molar-refractivity contribution >= 4 is 29.3 Å². The summed E-state index contributed by atoms with van der Waals surface area (Å²) >= 11 is 0.993. The second kappa shape index (κ2) is 7.87. The number of nitrogens with zero attached hydrogens (tertiary/aromatic N) is 4. The monoisotopic (exact) mass is 346 g/mol. The molecule has 1 aromatic heterocycles. The van der Waals surface area contributed by atoms with Gasteiger partial charge in [-0.15, -0.1) is 0 Å². The predicted octanol–water partition coefficient (Wildman–Crippen LogP) is 2.37. The van der Waals surface area contributed by atoms with Crippen molar-refractivity contribution < 1.29 is 14.3 Å². The number of carbonyl (C=O) groups excluding carboxylic acids is 2. The molecule has 24 heavy (non-hydrogen) atoms. The number of ketones is 2. The van der Waals surface area contributed by atoms with Crippen molar-refractivity contribution in [3.8, 4) is 11.8 Å². The summed E-state index contributed by atoms with van der Waals surface area (Å²) in [4.78, 5) is 37.6. The zero-order chi connectivity index (χ0) is 17.7. The van der Waals surface area contributed by atoms with E-state index in [2.05, 4.69) is 15.0 Å². The second-order valence-corrected chi connectivity index (χ2v) is 6.30. The highest BCUT2D eigenvalue weighted by atomic mass is 32.2. The van der Waals surface area contributed by atoms with Gasteiger partial charge >= 0.3 is 6.01 Å². The molecule has 2 rings (SSSR count). The van der Waals surface area contributed by atoms with E-state index in [1.807, 2.05) is 18.2 Å². The topological polar surface area (TPSA) is 85.3 Å². The molecule has 0 N–H and O–H groups in total. The minimum absolute atomic E-state index is 0.105. The summed E-state index contributed by atoms with van der Waals surface area (Å²) in [6.07, 6.45) is 0. The summed E-state index contributed by atoms with van der Waals surface area (Å²) in [5.41, 5.74) is 0. The molecule has 0 saturated heterocycles. The third-order valence-corrected chi connectivity index (χ3v) is 4.19. The van der Waals surface area contributed by atoms with Crippen LogP contribution in [0.4, 0.5) is 5.95 Å². The van der Waals surface area contributed by atoms with Gasteiger partial charge in [0.15, 0.2) is 16.7 Å². The van der Waals surface area contributed by atoms with E-state index in [1.54, 1.807) is 31.1 Å². The van der Waals surface area contributed by atoms with Crippen LogP contribution < -0.4 is 9.64 Å². The molecular formula is C16H18N4O3S. The van der Waals surface area contributed by atoms with Gasteiger partial charge in [-0.3, -0.25) is 9.59 Å². The highest BCUT2D eigenvalue weighted by Crippen LogP contribution is 2.26. The minimum atomic E-state index is -0.841. The maximum atomic E-state index is 11.6. The number of rotatable bonds is 7. The maximum absolute atomic E-state index is 11.6. The number of carbonyl (C=O) groups is 2. The first kappa shape index (κ1) is 17.9. The minimum Gasteiger partial charge on any atom is -0.424 e. The molecule has 2 aromatic rings. The van der Waals surface area contributed by atoms with Gasteiger partial charge in [0.2, 0.25) is 5.95 Å². The van der Waals surface area contributed by atoms with Gasteiger partial charge in [-0.25, -0.2) is 0 Å². The van der Waals surface area contributed by atoms with Crippen LogP contribution >= 0.6 is 11.8 Å². The number of para-hydroxylation sites is 1. The van der Waals surface area contributed by atoms with Crippen molar-refractivity contribution in [2.75, 3.05) is 19.0 Å². The Bertz CT molecular complexity index is 723. The highest BCUT2D eigenvalue weighted by molar-refractivity contribution is 8.01. The molecule has 0 radical (unpaired) electrons. The summed E-state index contributed by atoms with van der Waals surface area (Å²) < 4.78 is 5.64. The molecule has 0 atom stereocenters. The van der Waals surface area contributed by atoms with E-state index >= 15 is 0 Å². The van der Waals surface area contributed by atoms with Crippen LogP contribution in [0.15, 0.2) is 35.5 Å². The summed E-state index contributed by atoms with van der Waals surface area (Å²) in [5, 5.41) is -0.581. The SMILES string of the molecule is CC(=O)C(Sc1nc(Oc2ccccc2)nc(N(C)C)n1)C(C)=O. The molecule has 0 bridgehead atoms. The van der Waals surface area contributed by atoms with Gasteiger partial charge in [0.25, 0.3) is 0 Å². The van der Waals surface area contributed by atoms with E-state index in [-0.39, 0.29) is 22.7 Å². The largest absolute Gasteiger partial charge is 0.424 e. The number of Topliss-reactive ketones (excluding diaryl/α,β-unsaturated/α-hetero) is 2. The van der Waals surface area contributed by atoms with E-state index in [0.717, 1.165) is 11.8 Å². The lowest BCUT2D eigenvalue weighted by atomic mass is 10.2. The van der Waals surface area contributed by atoms with Gasteiger partial charge in [0.1, 0.15) is 11.0 Å². The zero-order valence-electron chi connectivity index (χ0n) is 13.9. The molecule has 0 amide bonds. The Hall–Kier alpha value is -2.48. The average Bonchev–Trinajstić information content (AvgIpc) is 2.52. The lowest BCUT2D eigenvalue weighted by Crippen LogP contribution is -2.23. The molecule has 8 heteroatoms. The van der Waals surface area contributed by atoms with Crippen LogP contribution in [0.25, 0.3) is 0 Å². The fourth-order valence-corrected chi connectivity index (χ4v) is 2.59.